The lowest BCUT2D eigenvalue weighted by Crippen LogP contribution is -2.40. The van der Waals surface area contributed by atoms with Crippen molar-refractivity contribution in [2.24, 2.45) is 0 Å². The van der Waals surface area contributed by atoms with E-state index in [9.17, 15) is 4.79 Å². The molecule has 0 aliphatic heterocycles. The van der Waals surface area contributed by atoms with Crippen LogP contribution in [0, 0.1) is 18.3 Å². The minimum Gasteiger partial charge on any atom is -0.310 e. The maximum Gasteiger partial charge on any atom is 0.241 e. The van der Waals surface area contributed by atoms with Crippen LogP contribution in [0.3, 0.4) is 0 Å². The largest absolute Gasteiger partial charge is 0.310 e. The third kappa shape index (κ3) is 5.05. The van der Waals surface area contributed by atoms with Crippen LogP contribution < -0.4 is 4.90 Å². The molecular formula is C19H22ClN3OS. The Kier molecular flexibility index (Phi) is 7.01. The van der Waals surface area contributed by atoms with Crippen LogP contribution in [-0.2, 0) is 4.79 Å². The number of halogens is 1. The van der Waals surface area contributed by atoms with Gasteiger partial charge in [-0.15, -0.1) is 11.3 Å². The summed E-state index contributed by atoms with van der Waals surface area (Å²) in [6.07, 6.45) is 0.289. The molecule has 132 valence electrons. The van der Waals surface area contributed by atoms with Crippen LogP contribution in [-0.4, -0.2) is 30.9 Å². The summed E-state index contributed by atoms with van der Waals surface area (Å²) in [5.74, 6) is -0.0251. The predicted octanol–water partition coefficient (Wildman–Crippen LogP) is 4.65. The van der Waals surface area contributed by atoms with Crippen molar-refractivity contribution in [3.63, 3.8) is 0 Å². The number of amides is 1. The molecule has 0 radical (unpaired) electrons. The standard InChI is InChI=1S/C19H22ClN3OS/c1-14-12-16(7-8-17(14)20)23(10-5-9-21)19(24)13-22(3)15(2)18-6-4-11-25-18/h4,6-8,11-12,15H,5,10,13H2,1-3H3/t15-/m1/s1. The number of nitrogens with zero attached hydrogens (tertiary/aromatic N) is 3. The smallest absolute Gasteiger partial charge is 0.241 e. The monoisotopic (exact) mass is 375 g/mol. The number of nitriles is 1. The molecule has 6 heteroatoms. The molecule has 0 fully saturated rings. The molecule has 0 spiro atoms. The average molecular weight is 376 g/mol. The lowest BCUT2D eigenvalue weighted by atomic mass is 10.2. The van der Waals surface area contributed by atoms with E-state index in [0.29, 0.717) is 11.6 Å². The van der Waals surface area contributed by atoms with E-state index in [4.69, 9.17) is 16.9 Å². The number of likely N-dealkylation sites (N-methyl/N-ethyl adjacent to an activating group) is 1. The fourth-order valence-corrected chi connectivity index (χ4v) is 3.50. The zero-order valence-corrected chi connectivity index (χ0v) is 16.3. The van der Waals surface area contributed by atoms with Crippen molar-refractivity contribution in [3.8, 4) is 6.07 Å². The lowest BCUT2D eigenvalue weighted by Gasteiger charge is -2.28. The molecule has 2 aromatic rings. The number of anilines is 1. The Morgan fingerprint density at radius 2 is 2.16 bits per heavy atom. The molecule has 0 aliphatic carbocycles. The van der Waals surface area contributed by atoms with Crippen molar-refractivity contribution in [2.45, 2.75) is 26.3 Å². The number of thiophene rings is 1. The summed E-state index contributed by atoms with van der Waals surface area (Å²) in [7, 11) is 1.94. The van der Waals surface area contributed by atoms with Crippen LogP contribution in [0.5, 0.6) is 0 Å². The summed E-state index contributed by atoms with van der Waals surface area (Å²) in [5.41, 5.74) is 1.69. The highest BCUT2D eigenvalue weighted by atomic mass is 35.5. The molecule has 1 atom stereocenters. The van der Waals surface area contributed by atoms with E-state index < -0.39 is 0 Å². The Hall–Kier alpha value is -1.87. The molecule has 0 N–H and O–H groups in total. The molecular weight excluding hydrogens is 354 g/mol. The van der Waals surface area contributed by atoms with Gasteiger partial charge in [0.05, 0.1) is 19.0 Å². The first-order valence-electron chi connectivity index (χ1n) is 8.11. The molecule has 0 saturated heterocycles. The van der Waals surface area contributed by atoms with E-state index in [-0.39, 0.29) is 24.9 Å². The van der Waals surface area contributed by atoms with Gasteiger partial charge in [0, 0.05) is 28.2 Å². The number of hydrogen-bond acceptors (Lipinski definition) is 4. The van der Waals surface area contributed by atoms with Crippen LogP contribution in [0.25, 0.3) is 0 Å². The summed E-state index contributed by atoms with van der Waals surface area (Å²) >= 11 is 7.77. The van der Waals surface area contributed by atoms with E-state index in [1.807, 2.05) is 42.5 Å². The SMILES string of the molecule is Cc1cc(N(CCC#N)C(=O)CN(C)[C@H](C)c2cccs2)ccc1Cl. The van der Waals surface area contributed by atoms with Gasteiger partial charge in [-0.3, -0.25) is 9.69 Å². The van der Waals surface area contributed by atoms with Crippen LogP contribution in [0.1, 0.15) is 29.8 Å². The number of carbonyl (C=O) groups is 1. The maximum absolute atomic E-state index is 12.9. The molecule has 0 unspecified atom stereocenters. The molecule has 0 aliphatic rings. The number of benzene rings is 1. The third-order valence-corrected chi connectivity index (χ3v) is 5.67. The van der Waals surface area contributed by atoms with E-state index in [2.05, 4.69) is 19.1 Å². The fourth-order valence-electron chi connectivity index (χ4n) is 2.54. The predicted molar refractivity (Wildman–Crippen MR) is 104 cm³/mol. The number of carbonyl (C=O) groups excluding carboxylic acids is 1. The topological polar surface area (TPSA) is 47.3 Å². The third-order valence-electron chi connectivity index (χ3n) is 4.20. The van der Waals surface area contributed by atoms with Crippen LogP contribution >= 0.6 is 22.9 Å². The van der Waals surface area contributed by atoms with Crippen LogP contribution in [0.15, 0.2) is 35.7 Å². The van der Waals surface area contributed by atoms with Gasteiger partial charge in [-0.05, 0) is 56.1 Å². The Bertz CT molecular complexity index is 755. The van der Waals surface area contributed by atoms with Gasteiger partial charge in [0.25, 0.3) is 0 Å². The van der Waals surface area contributed by atoms with E-state index in [1.165, 1.54) is 4.88 Å². The minimum atomic E-state index is -0.0251. The molecule has 1 amide bonds. The Balaban J connectivity index is 2.15. The Labute approximate surface area is 158 Å². The van der Waals surface area contributed by atoms with Gasteiger partial charge < -0.3 is 4.90 Å². The van der Waals surface area contributed by atoms with Crippen molar-refractivity contribution >= 4 is 34.5 Å². The van der Waals surface area contributed by atoms with Gasteiger partial charge >= 0.3 is 0 Å². The molecule has 4 nitrogen and oxygen atoms in total. The summed E-state index contributed by atoms with van der Waals surface area (Å²) in [6, 6.07) is 11.9. The number of rotatable bonds is 7. The second-order valence-corrected chi connectivity index (χ2v) is 7.38. The second kappa shape index (κ2) is 9.00. The highest BCUT2D eigenvalue weighted by molar-refractivity contribution is 7.10. The van der Waals surface area contributed by atoms with E-state index in [1.54, 1.807) is 22.3 Å². The Morgan fingerprint density at radius 1 is 1.40 bits per heavy atom. The first-order valence-corrected chi connectivity index (χ1v) is 9.37. The van der Waals surface area contributed by atoms with Crippen molar-refractivity contribution in [1.29, 1.82) is 5.26 Å². The summed E-state index contributed by atoms with van der Waals surface area (Å²) in [4.78, 5) is 17.8. The first-order chi connectivity index (χ1) is 11.9. The van der Waals surface area contributed by atoms with Crippen LogP contribution in [0.2, 0.25) is 5.02 Å². The van der Waals surface area contributed by atoms with Gasteiger partial charge in [-0.1, -0.05) is 17.7 Å². The average Bonchev–Trinajstić information content (AvgIpc) is 3.12. The van der Waals surface area contributed by atoms with Gasteiger partial charge in [0.2, 0.25) is 5.91 Å². The van der Waals surface area contributed by atoms with Gasteiger partial charge in [0.15, 0.2) is 0 Å². The lowest BCUT2D eigenvalue weighted by molar-refractivity contribution is -0.119. The first kappa shape index (κ1) is 19.5. The maximum atomic E-state index is 12.9. The van der Waals surface area contributed by atoms with Crippen molar-refractivity contribution < 1.29 is 4.79 Å². The van der Waals surface area contributed by atoms with Gasteiger partial charge in [0.1, 0.15) is 0 Å². The molecule has 2 rings (SSSR count). The molecule has 25 heavy (non-hydrogen) atoms. The number of aryl methyl sites for hydroxylation is 1. The second-order valence-electron chi connectivity index (χ2n) is 5.99. The Morgan fingerprint density at radius 3 is 2.76 bits per heavy atom. The summed E-state index contributed by atoms with van der Waals surface area (Å²) < 4.78 is 0. The summed E-state index contributed by atoms with van der Waals surface area (Å²) in [6.45, 7) is 4.65. The van der Waals surface area contributed by atoms with Crippen LogP contribution in [0.4, 0.5) is 5.69 Å². The molecule has 0 bridgehead atoms. The molecule has 1 heterocycles. The summed E-state index contributed by atoms with van der Waals surface area (Å²) in [5, 5.41) is 11.6. The van der Waals surface area contributed by atoms with Crippen molar-refractivity contribution in [3.05, 3.63) is 51.2 Å². The zero-order chi connectivity index (χ0) is 18.4. The molecule has 1 aromatic carbocycles. The highest BCUT2D eigenvalue weighted by Crippen LogP contribution is 2.25. The number of hydrogen-bond donors (Lipinski definition) is 0. The highest BCUT2D eigenvalue weighted by Gasteiger charge is 2.21. The molecule has 0 saturated carbocycles. The van der Waals surface area contributed by atoms with Gasteiger partial charge in [-0.2, -0.15) is 5.26 Å². The zero-order valence-electron chi connectivity index (χ0n) is 14.7. The normalized spacial score (nSPS) is 12.0. The van der Waals surface area contributed by atoms with Crippen molar-refractivity contribution in [2.75, 3.05) is 25.0 Å². The van der Waals surface area contributed by atoms with Gasteiger partial charge in [-0.25, -0.2) is 0 Å². The van der Waals surface area contributed by atoms with E-state index >= 15 is 0 Å². The van der Waals surface area contributed by atoms with E-state index in [0.717, 1.165) is 11.3 Å². The fraction of sp³-hybridized carbons (Fsp3) is 0.368. The quantitative estimate of drug-likeness (QED) is 0.707. The molecule has 1 aromatic heterocycles. The van der Waals surface area contributed by atoms with Crippen molar-refractivity contribution in [1.82, 2.24) is 4.90 Å². The minimum absolute atomic E-state index is 0.0251.